The van der Waals surface area contributed by atoms with Crippen LogP contribution in [-0.2, 0) is 14.3 Å². The summed E-state index contributed by atoms with van der Waals surface area (Å²) in [4.78, 5) is 29.8. The Bertz CT molecular complexity index is 495. The first-order chi connectivity index (χ1) is 10.7. The molecule has 2 heterocycles. The maximum atomic E-state index is 12.2. The van der Waals surface area contributed by atoms with Gasteiger partial charge in [-0.25, -0.2) is 0 Å². The van der Waals surface area contributed by atoms with Crippen LogP contribution in [0.1, 0.15) is 43.5 Å². The highest BCUT2D eigenvalue weighted by atomic mass is 32.2. The minimum absolute atomic E-state index is 0.00562. The number of hydrogen-bond acceptors (Lipinski definition) is 5. The molecule has 0 radical (unpaired) electrons. The van der Waals surface area contributed by atoms with Gasteiger partial charge in [0, 0.05) is 24.6 Å². The van der Waals surface area contributed by atoms with E-state index in [0.29, 0.717) is 13.0 Å². The zero-order valence-corrected chi connectivity index (χ0v) is 13.7. The third kappa shape index (κ3) is 4.73. The lowest BCUT2D eigenvalue weighted by Crippen LogP contribution is -2.41. The fourth-order valence-electron chi connectivity index (χ4n) is 2.32. The summed E-state index contributed by atoms with van der Waals surface area (Å²) < 4.78 is 5.22. The maximum Gasteiger partial charge on any atom is 0.325 e. The van der Waals surface area contributed by atoms with Crippen molar-refractivity contribution in [3.63, 3.8) is 0 Å². The minimum atomic E-state index is -0.328. The first-order valence-corrected chi connectivity index (χ1v) is 8.74. The van der Waals surface area contributed by atoms with Crippen LogP contribution >= 0.6 is 11.8 Å². The number of nitrogens with zero attached hydrogens (tertiary/aromatic N) is 2. The minimum Gasteiger partial charge on any atom is -0.464 e. The summed E-state index contributed by atoms with van der Waals surface area (Å²) in [5.74, 6) is 0.450. The molecule has 0 aliphatic carbocycles. The second-order valence-electron chi connectivity index (χ2n) is 5.20. The van der Waals surface area contributed by atoms with Gasteiger partial charge in [-0.05, 0) is 24.1 Å². The van der Waals surface area contributed by atoms with E-state index in [1.165, 1.54) is 0 Å². The Balaban J connectivity index is 1.95. The van der Waals surface area contributed by atoms with Crippen LogP contribution in [0.4, 0.5) is 0 Å². The molecule has 120 valence electrons. The van der Waals surface area contributed by atoms with E-state index in [4.69, 9.17) is 4.74 Å². The smallest absolute Gasteiger partial charge is 0.325 e. The van der Waals surface area contributed by atoms with Gasteiger partial charge in [-0.3, -0.25) is 14.6 Å². The van der Waals surface area contributed by atoms with E-state index >= 15 is 0 Å². The fourth-order valence-corrected chi connectivity index (χ4v) is 3.56. The van der Waals surface area contributed by atoms with Crippen LogP contribution in [0.3, 0.4) is 0 Å². The van der Waals surface area contributed by atoms with Gasteiger partial charge in [0.15, 0.2) is 0 Å². The van der Waals surface area contributed by atoms with Crippen molar-refractivity contribution in [2.75, 3.05) is 18.9 Å². The molecule has 5 nitrogen and oxygen atoms in total. The van der Waals surface area contributed by atoms with E-state index in [1.807, 2.05) is 12.1 Å². The average Bonchev–Trinajstić information content (AvgIpc) is 2.54. The molecule has 1 unspecified atom stereocenters. The molecule has 1 aliphatic heterocycles. The largest absolute Gasteiger partial charge is 0.464 e. The highest BCUT2D eigenvalue weighted by molar-refractivity contribution is 7.99. The van der Waals surface area contributed by atoms with Crippen molar-refractivity contribution in [2.24, 2.45) is 0 Å². The second kappa shape index (κ2) is 8.78. The molecule has 0 N–H and O–H groups in total. The summed E-state index contributed by atoms with van der Waals surface area (Å²) in [6.07, 6.45) is 6.88. The van der Waals surface area contributed by atoms with E-state index in [-0.39, 0.29) is 23.8 Å². The van der Waals surface area contributed by atoms with Gasteiger partial charge in [0.05, 0.1) is 6.61 Å². The maximum absolute atomic E-state index is 12.2. The van der Waals surface area contributed by atoms with Crippen molar-refractivity contribution < 1.29 is 14.3 Å². The summed E-state index contributed by atoms with van der Waals surface area (Å²) >= 11 is 1.67. The monoisotopic (exact) mass is 322 g/mol. The highest BCUT2D eigenvalue weighted by Crippen LogP contribution is 2.36. The van der Waals surface area contributed by atoms with Crippen LogP contribution < -0.4 is 0 Å². The molecule has 22 heavy (non-hydrogen) atoms. The van der Waals surface area contributed by atoms with Crippen LogP contribution in [-0.4, -0.2) is 40.7 Å². The van der Waals surface area contributed by atoms with Gasteiger partial charge < -0.3 is 9.64 Å². The van der Waals surface area contributed by atoms with Gasteiger partial charge in [0.25, 0.3) is 0 Å². The van der Waals surface area contributed by atoms with E-state index < -0.39 is 0 Å². The van der Waals surface area contributed by atoms with Crippen LogP contribution in [0.15, 0.2) is 24.5 Å². The van der Waals surface area contributed by atoms with Crippen LogP contribution in [0, 0.1) is 0 Å². The van der Waals surface area contributed by atoms with E-state index in [1.54, 1.807) is 29.1 Å². The fraction of sp³-hybridized carbons (Fsp3) is 0.562. The molecule has 0 bridgehead atoms. The van der Waals surface area contributed by atoms with Gasteiger partial charge in [-0.1, -0.05) is 19.8 Å². The highest BCUT2D eigenvalue weighted by Gasteiger charge is 2.31. The lowest BCUT2D eigenvalue weighted by Gasteiger charge is -2.34. The number of amides is 1. The molecule has 0 saturated carbocycles. The molecular weight excluding hydrogens is 300 g/mol. The van der Waals surface area contributed by atoms with Crippen molar-refractivity contribution in [1.29, 1.82) is 0 Å². The van der Waals surface area contributed by atoms with Gasteiger partial charge >= 0.3 is 5.97 Å². The lowest BCUT2D eigenvalue weighted by molar-refractivity contribution is -0.150. The standard InChI is InChI=1S/C16H22N2O3S/c1-2-3-4-10-21-15(20)12-18-14(19)7-11-22-16(18)13-5-8-17-9-6-13/h5-6,8-9,16H,2-4,7,10-12H2,1H3. The number of hydrogen-bond donors (Lipinski definition) is 0. The predicted octanol–water partition coefficient (Wildman–Crippen LogP) is 2.78. The molecule has 1 saturated heterocycles. The summed E-state index contributed by atoms with van der Waals surface area (Å²) in [5, 5.41) is -0.132. The average molecular weight is 322 g/mol. The Morgan fingerprint density at radius 3 is 2.91 bits per heavy atom. The Morgan fingerprint density at radius 2 is 2.18 bits per heavy atom. The molecule has 1 fully saturated rings. The van der Waals surface area contributed by atoms with Crippen LogP contribution in [0.2, 0.25) is 0 Å². The molecular formula is C16H22N2O3S. The molecule has 1 aromatic rings. The van der Waals surface area contributed by atoms with Crippen LogP contribution in [0.25, 0.3) is 0 Å². The zero-order chi connectivity index (χ0) is 15.8. The quantitative estimate of drug-likeness (QED) is 0.571. The molecule has 0 spiro atoms. The predicted molar refractivity (Wildman–Crippen MR) is 86.3 cm³/mol. The number of ether oxygens (including phenoxy) is 1. The van der Waals surface area contributed by atoms with Crippen molar-refractivity contribution >= 4 is 23.6 Å². The summed E-state index contributed by atoms with van der Waals surface area (Å²) in [6, 6.07) is 3.77. The number of unbranched alkanes of at least 4 members (excludes halogenated alkanes) is 2. The van der Waals surface area contributed by atoms with Crippen molar-refractivity contribution in [1.82, 2.24) is 9.88 Å². The van der Waals surface area contributed by atoms with Gasteiger partial charge in [-0.2, -0.15) is 0 Å². The molecule has 6 heteroatoms. The number of esters is 1. The first kappa shape index (κ1) is 16.8. The number of rotatable bonds is 7. The molecule has 1 aromatic heterocycles. The molecule has 0 aromatic carbocycles. The van der Waals surface area contributed by atoms with Gasteiger partial charge in [0.1, 0.15) is 11.9 Å². The van der Waals surface area contributed by atoms with Crippen molar-refractivity contribution in [2.45, 2.75) is 38.0 Å². The summed E-state index contributed by atoms with van der Waals surface area (Å²) in [6.45, 7) is 2.55. The summed E-state index contributed by atoms with van der Waals surface area (Å²) in [5.41, 5.74) is 0.992. The first-order valence-electron chi connectivity index (χ1n) is 7.69. The second-order valence-corrected chi connectivity index (χ2v) is 6.39. The zero-order valence-electron chi connectivity index (χ0n) is 12.9. The van der Waals surface area contributed by atoms with Gasteiger partial charge in [-0.15, -0.1) is 11.8 Å². The third-order valence-electron chi connectivity index (χ3n) is 3.50. The Kier molecular flexibility index (Phi) is 6.71. The Labute approximate surface area is 135 Å². The van der Waals surface area contributed by atoms with Crippen molar-refractivity contribution in [3.8, 4) is 0 Å². The number of thioether (sulfide) groups is 1. The molecule has 1 atom stereocenters. The van der Waals surface area contributed by atoms with Crippen molar-refractivity contribution in [3.05, 3.63) is 30.1 Å². The molecule has 1 amide bonds. The molecule has 2 rings (SSSR count). The number of carbonyl (C=O) groups excluding carboxylic acids is 2. The van der Waals surface area contributed by atoms with E-state index in [2.05, 4.69) is 11.9 Å². The van der Waals surface area contributed by atoms with Gasteiger partial charge in [0.2, 0.25) is 5.91 Å². The Morgan fingerprint density at radius 1 is 1.41 bits per heavy atom. The Hall–Kier alpha value is -1.56. The normalized spacial score (nSPS) is 18.3. The number of aromatic nitrogens is 1. The third-order valence-corrected chi connectivity index (χ3v) is 4.78. The van der Waals surface area contributed by atoms with Crippen LogP contribution in [0.5, 0.6) is 0 Å². The molecule has 1 aliphatic rings. The topological polar surface area (TPSA) is 59.5 Å². The summed E-state index contributed by atoms with van der Waals surface area (Å²) in [7, 11) is 0. The number of pyridine rings is 1. The lowest BCUT2D eigenvalue weighted by atomic mass is 10.2. The van der Waals surface area contributed by atoms with E-state index in [0.717, 1.165) is 30.6 Å². The number of carbonyl (C=O) groups is 2. The van der Waals surface area contributed by atoms with E-state index in [9.17, 15) is 9.59 Å². The SMILES string of the molecule is CCCCCOC(=O)CN1C(=O)CCSC1c1ccncc1.